The van der Waals surface area contributed by atoms with Crippen LogP contribution in [0.2, 0.25) is 18.1 Å². The van der Waals surface area contributed by atoms with Gasteiger partial charge in [0.15, 0.2) is 8.32 Å². The SMILES string of the molecule is C/C(=C\CO[Si](C)(C)C(C)(C)C)CC/C=C(\C)CCC1OC1(C)C. The maximum absolute atomic E-state index is 6.22. The first kappa shape index (κ1) is 21.7. The first-order chi connectivity index (χ1) is 10.8. The van der Waals surface area contributed by atoms with Gasteiger partial charge in [-0.15, -0.1) is 0 Å². The third-order valence-corrected chi connectivity index (χ3v) is 10.2. The quantitative estimate of drug-likeness (QED) is 0.263. The molecule has 1 aliphatic rings. The Morgan fingerprint density at radius 1 is 1.08 bits per heavy atom. The number of epoxide rings is 1. The topological polar surface area (TPSA) is 21.8 Å². The molecule has 140 valence electrons. The third-order valence-electron chi connectivity index (χ3n) is 5.68. The van der Waals surface area contributed by atoms with Crippen LogP contribution in [0.5, 0.6) is 0 Å². The molecule has 0 N–H and O–H groups in total. The first-order valence-electron chi connectivity index (χ1n) is 9.48. The van der Waals surface area contributed by atoms with Crippen LogP contribution in [0.1, 0.15) is 74.1 Å². The number of ether oxygens (including phenoxy) is 1. The normalized spacial score (nSPS) is 22.0. The average Bonchev–Trinajstić information content (AvgIpc) is 3.02. The molecule has 0 aliphatic carbocycles. The van der Waals surface area contributed by atoms with Gasteiger partial charge >= 0.3 is 0 Å². The van der Waals surface area contributed by atoms with Crippen LogP contribution in [0.25, 0.3) is 0 Å². The van der Waals surface area contributed by atoms with Gasteiger partial charge in [0.25, 0.3) is 0 Å². The Morgan fingerprint density at radius 2 is 1.62 bits per heavy atom. The van der Waals surface area contributed by atoms with Gasteiger partial charge in [-0.05, 0) is 71.5 Å². The second kappa shape index (κ2) is 8.33. The summed E-state index contributed by atoms with van der Waals surface area (Å²) in [5.41, 5.74) is 3.06. The van der Waals surface area contributed by atoms with E-state index in [9.17, 15) is 0 Å². The fourth-order valence-electron chi connectivity index (χ4n) is 2.46. The highest BCUT2D eigenvalue weighted by Crippen LogP contribution is 2.39. The van der Waals surface area contributed by atoms with Crippen LogP contribution in [-0.4, -0.2) is 26.6 Å². The van der Waals surface area contributed by atoms with Gasteiger partial charge in [-0.3, -0.25) is 0 Å². The summed E-state index contributed by atoms with van der Waals surface area (Å²) in [6, 6.07) is 0. The van der Waals surface area contributed by atoms with Crippen molar-refractivity contribution in [2.45, 2.75) is 104 Å². The van der Waals surface area contributed by atoms with Crippen LogP contribution in [0, 0.1) is 0 Å². The Hall–Kier alpha value is -0.383. The molecule has 1 atom stereocenters. The molecule has 0 amide bonds. The molecule has 0 radical (unpaired) electrons. The number of allylic oxidation sites excluding steroid dienone is 3. The zero-order chi connectivity index (χ0) is 18.6. The molecule has 1 heterocycles. The average molecular weight is 353 g/mol. The lowest BCUT2D eigenvalue weighted by molar-refractivity contribution is 0.320. The summed E-state index contributed by atoms with van der Waals surface area (Å²) in [5, 5.41) is 0.286. The summed E-state index contributed by atoms with van der Waals surface area (Å²) in [6.07, 6.45) is 9.70. The van der Waals surface area contributed by atoms with Crippen molar-refractivity contribution in [2.24, 2.45) is 0 Å². The molecule has 0 spiro atoms. The summed E-state index contributed by atoms with van der Waals surface area (Å²) in [4.78, 5) is 0. The Kier molecular flexibility index (Phi) is 7.52. The van der Waals surface area contributed by atoms with Crippen molar-refractivity contribution in [3.05, 3.63) is 23.3 Å². The largest absolute Gasteiger partial charge is 0.413 e. The van der Waals surface area contributed by atoms with Crippen LogP contribution in [-0.2, 0) is 9.16 Å². The van der Waals surface area contributed by atoms with Crippen molar-refractivity contribution >= 4 is 8.32 Å². The second-order valence-electron chi connectivity index (χ2n) is 9.46. The lowest BCUT2D eigenvalue weighted by Crippen LogP contribution is -2.40. The zero-order valence-electron chi connectivity index (χ0n) is 17.6. The van der Waals surface area contributed by atoms with Crippen LogP contribution in [0.3, 0.4) is 0 Å². The number of rotatable bonds is 9. The van der Waals surface area contributed by atoms with Crippen molar-refractivity contribution in [3.63, 3.8) is 0 Å². The molecule has 1 fully saturated rings. The van der Waals surface area contributed by atoms with Crippen molar-refractivity contribution in [3.8, 4) is 0 Å². The van der Waals surface area contributed by atoms with E-state index in [4.69, 9.17) is 9.16 Å². The van der Waals surface area contributed by atoms with Crippen LogP contribution < -0.4 is 0 Å². The predicted octanol–water partition coefficient (Wildman–Crippen LogP) is 6.64. The summed E-state index contributed by atoms with van der Waals surface area (Å²) < 4.78 is 11.9. The number of hydrogen-bond donors (Lipinski definition) is 0. The van der Waals surface area contributed by atoms with Crippen molar-refractivity contribution < 1.29 is 9.16 Å². The molecule has 0 aromatic rings. The van der Waals surface area contributed by atoms with E-state index in [-0.39, 0.29) is 10.6 Å². The standard InChI is InChI=1S/C21H40O2Si/c1-17(13-14-19-21(6,7)23-19)11-10-12-18(2)15-16-22-24(8,9)20(3,4)5/h11,15,19H,10,12-14,16H2,1-9H3/b17-11+,18-15+. The summed E-state index contributed by atoms with van der Waals surface area (Å²) in [6.45, 7) is 21.1. The van der Waals surface area contributed by atoms with Gasteiger partial charge in [0, 0.05) is 0 Å². The van der Waals surface area contributed by atoms with Gasteiger partial charge in [0.2, 0.25) is 0 Å². The van der Waals surface area contributed by atoms with Gasteiger partial charge in [-0.2, -0.15) is 0 Å². The molecule has 1 saturated heterocycles. The lowest BCUT2D eigenvalue weighted by atomic mass is 10.0. The van der Waals surface area contributed by atoms with Gasteiger partial charge in [0.05, 0.1) is 18.3 Å². The maximum Gasteiger partial charge on any atom is 0.192 e. The maximum atomic E-state index is 6.22. The van der Waals surface area contributed by atoms with Gasteiger partial charge in [-0.1, -0.05) is 44.1 Å². The molecule has 24 heavy (non-hydrogen) atoms. The summed E-state index contributed by atoms with van der Waals surface area (Å²) in [5.74, 6) is 0. The Balaban J connectivity index is 2.25. The Bertz CT molecular complexity index is 467. The van der Waals surface area contributed by atoms with Gasteiger partial charge in [0.1, 0.15) is 0 Å². The molecular formula is C21H40O2Si. The highest BCUT2D eigenvalue weighted by molar-refractivity contribution is 6.74. The molecule has 0 bridgehead atoms. The highest BCUT2D eigenvalue weighted by atomic mass is 28.4. The van der Waals surface area contributed by atoms with Crippen LogP contribution >= 0.6 is 0 Å². The Labute approximate surface area is 151 Å². The van der Waals surface area contributed by atoms with E-state index in [2.05, 4.69) is 73.7 Å². The fourth-order valence-corrected chi connectivity index (χ4v) is 3.39. The molecule has 3 heteroatoms. The molecule has 0 saturated carbocycles. The van der Waals surface area contributed by atoms with Crippen LogP contribution in [0.4, 0.5) is 0 Å². The summed E-state index contributed by atoms with van der Waals surface area (Å²) in [7, 11) is -1.62. The Morgan fingerprint density at radius 3 is 2.12 bits per heavy atom. The first-order valence-corrected chi connectivity index (χ1v) is 12.4. The van der Waals surface area contributed by atoms with Crippen molar-refractivity contribution in [2.75, 3.05) is 6.61 Å². The predicted molar refractivity (Wildman–Crippen MR) is 108 cm³/mol. The van der Waals surface area contributed by atoms with Gasteiger partial charge in [-0.25, -0.2) is 0 Å². The van der Waals surface area contributed by atoms with Crippen LogP contribution in [0.15, 0.2) is 23.3 Å². The summed E-state index contributed by atoms with van der Waals surface area (Å²) >= 11 is 0. The van der Waals surface area contributed by atoms with E-state index in [1.807, 2.05) is 0 Å². The zero-order valence-corrected chi connectivity index (χ0v) is 18.6. The monoisotopic (exact) mass is 352 g/mol. The molecule has 0 aromatic carbocycles. The second-order valence-corrected chi connectivity index (χ2v) is 14.3. The number of hydrogen-bond acceptors (Lipinski definition) is 2. The third kappa shape index (κ3) is 7.24. The molecular weight excluding hydrogens is 312 g/mol. The van der Waals surface area contributed by atoms with E-state index >= 15 is 0 Å². The highest BCUT2D eigenvalue weighted by Gasteiger charge is 2.46. The van der Waals surface area contributed by atoms with Crippen molar-refractivity contribution in [1.82, 2.24) is 0 Å². The smallest absolute Gasteiger partial charge is 0.192 e. The van der Waals surface area contributed by atoms with E-state index in [1.165, 1.54) is 11.1 Å². The molecule has 1 rings (SSSR count). The fraction of sp³-hybridized carbons (Fsp3) is 0.810. The minimum absolute atomic E-state index is 0.129. The minimum Gasteiger partial charge on any atom is -0.413 e. The molecule has 1 aliphatic heterocycles. The molecule has 0 aromatic heterocycles. The van der Waals surface area contributed by atoms with E-state index in [0.717, 1.165) is 32.3 Å². The van der Waals surface area contributed by atoms with E-state index in [0.29, 0.717) is 6.10 Å². The van der Waals surface area contributed by atoms with E-state index < -0.39 is 8.32 Å². The lowest BCUT2D eigenvalue weighted by Gasteiger charge is -2.35. The molecule has 2 nitrogen and oxygen atoms in total. The van der Waals surface area contributed by atoms with E-state index in [1.54, 1.807) is 0 Å². The minimum atomic E-state index is -1.62. The van der Waals surface area contributed by atoms with Crippen molar-refractivity contribution in [1.29, 1.82) is 0 Å². The molecule has 1 unspecified atom stereocenters. The van der Waals surface area contributed by atoms with Gasteiger partial charge < -0.3 is 9.16 Å².